The lowest BCUT2D eigenvalue weighted by molar-refractivity contribution is -0.126. The van der Waals surface area contributed by atoms with Crippen molar-refractivity contribution in [2.45, 2.75) is 25.9 Å². The number of ether oxygens (including phenoxy) is 1. The zero-order chi connectivity index (χ0) is 12.8. The van der Waals surface area contributed by atoms with Crippen molar-refractivity contribution in [2.24, 2.45) is 5.92 Å². The number of morpholine rings is 1. The van der Waals surface area contributed by atoms with Crippen LogP contribution in [0.4, 0.5) is 0 Å². The first-order chi connectivity index (χ1) is 8.79. The van der Waals surface area contributed by atoms with Crippen LogP contribution in [0.1, 0.15) is 19.8 Å². The van der Waals surface area contributed by atoms with Gasteiger partial charge in [0.05, 0.1) is 18.6 Å². The minimum atomic E-state index is 0.143. The Morgan fingerprint density at radius 2 is 2.44 bits per heavy atom. The average molecular weight is 255 g/mol. The summed E-state index contributed by atoms with van der Waals surface area (Å²) >= 11 is 0. The molecule has 104 valence electrons. The van der Waals surface area contributed by atoms with Gasteiger partial charge in [0, 0.05) is 26.2 Å². The van der Waals surface area contributed by atoms with E-state index in [9.17, 15) is 4.79 Å². The molecule has 1 amide bonds. The van der Waals surface area contributed by atoms with Gasteiger partial charge in [0.2, 0.25) is 5.91 Å². The maximum atomic E-state index is 12.0. The van der Waals surface area contributed by atoms with E-state index in [1.807, 2.05) is 0 Å². The molecule has 0 aliphatic carbocycles. The van der Waals surface area contributed by atoms with Crippen molar-refractivity contribution in [3.63, 3.8) is 0 Å². The van der Waals surface area contributed by atoms with E-state index < -0.39 is 0 Å². The lowest BCUT2D eigenvalue weighted by Gasteiger charge is -2.32. The number of piperidine rings is 1. The van der Waals surface area contributed by atoms with Crippen LogP contribution in [0, 0.1) is 5.92 Å². The predicted octanol–water partition coefficient (Wildman–Crippen LogP) is -0.177. The molecule has 2 rings (SSSR count). The summed E-state index contributed by atoms with van der Waals surface area (Å²) in [4.78, 5) is 14.3. The Bertz CT molecular complexity index is 267. The van der Waals surface area contributed by atoms with Gasteiger partial charge in [-0.2, -0.15) is 0 Å². The molecule has 2 aliphatic rings. The van der Waals surface area contributed by atoms with Gasteiger partial charge in [-0.1, -0.05) is 6.92 Å². The van der Waals surface area contributed by atoms with E-state index in [1.165, 1.54) is 0 Å². The van der Waals surface area contributed by atoms with Crippen LogP contribution < -0.4 is 10.6 Å². The summed E-state index contributed by atoms with van der Waals surface area (Å²) in [6, 6.07) is 0. The summed E-state index contributed by atoms with van der Waals surface area (Å²) in [7, 11) is 0. The highest BCUT2D eigenvalue weighted by Gasteiger charge is 2.23. The first-order valence-electron chi connectivity index (χ1n) is 7.12. The first kappa shape index (κ1) is 13.8. The SMILES string of the molecule is CCN1CCOC(CNC(=O)[C@@H]2CCCNC2)C1. The van der Waals surface area contributed by atoms with Gasteiger partial charge in [-0.25, -0.2) is 0 Å². The molecular weight excluding hydrogens is 230 g/mol. The Morgan fingerprint density at radius 1 is 1.56 bits per heavy atom. The second-order valence-electron chi connectivity index (χ2n) is 5.17. The van der Waals surface area contributed by atoms with Gasteiger partial charge in [0.25, 0.3) is 0 Å². The molecule has 2 heterocycles. The minimum absolute atomic E-state index is 0.143. The van der Waals surface area contributed by atoms with Gasteiger partial charge >= 0.3 is 0 Å². The summed E-state index contributed by atoms with van der Waals surface area (Å²) in [5.74, 6) is 0.323. The highest BCUT2D eigenvalue weighted by molar-refractivity contribution is 5.78. The van der Waals surface area contributed by atoms with E-state index in [-0.39, 0.29) is 17.9 Å². The number of carbonyl (C=O) groups is 1. The lowest BCUT2D eigenvalue weighted by atomic mass is 9.99. The van der Waals surface area contributed by atoms with Crippen molar-refractivity contribution in [3.8, 4) is 0 Å². The molecule has 2 N–H and O–H groups in total. The van der Waals surface area contributed by atoms with Crippen LogP contribution in [-0.4, -0.2) is 62.8 Å². The van der Waals surface area contributed by atoms with E-state index >= 15 is 0 Å². The second-order valence-corrected chi connectivity index (χ2v) is 5.17. The Morgan fingerprint density at radius 3 is 3.17 bits per heavy atom. The minimum Gasteiger partial charge on any atom is -0.374 e. The summed E-state index contributed by atoms with van der Waals surface area (Å²) < 4.78 is 5.68. The lowest BCUT2D eigenvalue weighted by Crippen LogP contribution is -2.49. The molecular formula is C13H25N3O2. The van der Waals surface area contributed by atoms with E-state index in [0.29, 0.717) is 6.54 Å². The maximum absolute atomic E-state index is 12.0. The van der Waals surface area contributed by atoms with E-state index in [1.54, 1.807) is 0 Å². The van der Waals surface area contributed by atoms with Gasteiger partial charge < -0.3 is 15.4 Å². The molecule has 0 radical (unpaired) electrons. The number of rotatable bonds is 4. The van der Waals surface area contributed by atoms with Gasteiger partial charge in [0.15, 0.2) is 0 Å². The zero-order valence-electron chi connectivity index (χ0n) is 11.3. The van der Waals surface area contributed by atoms with Gasteiger partial charge in [0.1, 0.15) is 0 Å². The highest BCUT2D eigenvalue weighted by atomic mass is 16.5. The fourth-order valence-electron chi connectivity index (χ4n) is 2.63. The molecule has 0 aromatic rings. The molecule has 0 spiro atoms. The fraction of sp³-hybridized carbons (Fsp3) is 0.923. The van der Waals surface area contributed by atoms with Crippen LogP contribution in [0.25, 0.3) is 0 Å². The second kappa shape index (κ2) is 7.07. The van der Waals surface area contributed by atoms with Crippen molar-refractivity contribution in [1.29, 1.82) is 0 Å². The molecule has 0 aromatic heterocycles. The Labute approximate surface area is 109 Å². The Hall–Kier alpha value is -0.650. The van der Waals surface area contributed by atoms with Crippen molar-refractivity contribution in [3.05, 3.63) is 0 Å². The summed E-state index contributed by atoms with van der Waals surface area (Å²) in [5, 5.41) is 6.31. The molecule has 0 aromatic carbocycles. The third kappa shape index (κ3) is 3.93. The molecule has 2 fully saturated rings. The standard InChI is InChI=1S/C13H25N3O2/c1-2-16-6-7-18-12(10-16)9-15-13(17)11-4-3-5-14-8-11/h11-12,14H,2-10H2,1H3,(H,15,17)/t11-,12?/m1/s1. The molecule has 18 heavy (non-hydrogen) atoms. The first-order valence-corrected chi connectivity index (χ1v) is 7.12. The number of carbonyl (C=O) groups excluding carboxylic acids is 1. The van der Waals surface area contributed by atoms with Crippen LogP contribution >= 0.6 is 0 Å². The van der Waals surface area contributed by atoms with Crippen LogP contribution in [-0.2, 0) is 9.53 Å². The molecule has 2 aliphatic heterocycles. The van der Waals surface area contributed by atoms with Crippen molar-refractivity contribution >= 4 is 5.91 Å². The van der Waals surface area contributed by atoms with Crippen LogP contribution in [0.2, 0.25) is 0 Å². The monoisotopic (exact) mass is 255 g/mol. The quantitative estimate of drug-likeness (QED) is 0.732. The summed E-state index contributed by atoms with van der Waals surface area (Å²) in [6.45, 7) is 8.44. The van der Waals surface area contributed by atoms with E-state index in [2.05, 4.69) is 22.5 Å². The van der Waals surface area contributed by atoms with Gasteiger partial charge in [-0.05, 0) is 25.9 Å². The largest absolute Gasteiger partial charge is 0.374 e. The number of likely N-dealkylation sites (N-methyl/N-ethyl adjacent to an activating group) is 1. The third-order valence-corrected chi connectivity index (χ3v) is 3.84. The molecule has 5 heteroatoms. The Balaban J connectivity index is 1.68. The van der Waals surface area contributed by atoms with Gasteiger partial charge in [-0.15, -0.1) is 0 Å². The van der Waals surface area contributed by atoms with Crippen LogP contribution in [0.3, 0.4) is 0 Å². The summed E-state index contributed by atoms with van der Waals surface area (Å²) in [6.07, 6.45) is 2.26. The topological polar surface area (TPSA) is 53.6 Å². The third-order valence-electron chi connectivity index (χ3n) is 3.84. The number of amides is 1. The van der Waals surface area contributed by atoms with Crippen LogP contribution in [0.15, 0.2) is 0 Å². The smallest absolute Gasteiger partial charge is 0.224 e. The van der Waals surface area contributed by atoms with Crippen molar-refractivity contribution < 1.29 is 9.53 Å². The summed E-state index contributed by atoms with van der Waals surface area (Å²) in [5.41, 5.74) is 0. The van der Waals surface area contributed by atoms with Crippen LogP contribution in [0.5, 0.6) is 0 Å². The number of nitrogens with one attached hydrogen (secondary N) is 2. The molecule has 0 bridgehead atoms. The highest BCUT2D eigenvalue weighted by Crippen LogP contribution is 2.10. The molecule has 1 unspecified atom stereocenters. The van der Waals surface area contributed by atoms with Gasteiger partial charge in [-0.3, -0.25) is 9.69 Å². The van der Waals surface area contributed by atoms with Crippen molar-refractivity contribution in [1.82, 2.24) is 15.5 Å². The maximum Gasteiger partial charge on any atom is 0.224 e. The molecule has 5 nitrogen and oxygen atoms in total. The normalized spacial score (nSPS) is 30.1. The number of hydrogen-bond donors (Lipinski definition) is 2. The molecule has 2 saturated heterocycles. The van der Waals surface area contributed by atoms with E-state index in [0.717, 1.165) is 52.2 Å². The average Bonchev–Trinajstić information content (AvgIpc) is 2.46. The van der Waals surface area contributed by atoms with Crippen molar-refractivity contribution in [2.75, 3.05) is 45.9 Å². The number of hydrogen-bond acceptors (Lipinski definition) is 4. The van der Waals surface area contributed by atoms with E-state index in [4.69, 9.17) is 4.74 Å². The molecule has 2 atom stereocenters. The number of nitrogens with zero attached hydrogens (tertiary/aromatic N) is 1. The zero-order valence-corrected chi connectivity index (χ0v) is 11.3. The Kier molecular flexibility index (Phi) is 5.41. The predicted molar refractivity (Wildman–Crippen MR) is 70.5 cm³/mol. The molecule has 0 saturated carbocycles. The fourth-order valence-corrected chi connectivity index (χ4v) is 2.63.